The maximum Gasteiger partial charge on any atom is 0.336 e. The Morgan fingerprint density at radius 3 is 1.67 bits per heavy atom. The normalized spacial score (nSPS) is 14.8. The second-order valence-electron chi connectivity index (χ2n) is 5.07. The Hall–Kier alpha value is -1.04. The highest BCUT2D eigenvalue weighted by Crippen LogP contribution is 2.08. The van der Waals surface area contributed by atoms with E-state index in [1.165, 1.54) is 20.8 Å². The number of ketones is 1. The minimum atomic E-state index is -3.99. The number of carbonyl (C=O) groups is 2. The highest BCUT2D eigenvalue weighted by molar-refractivity contribution is 7.87. The molecule has 0 fully saturated rings. The minimum absolute atomic E-state index is 0.00331. The molecule has 0 bridgehead atoms. The van der Waals surface area contributed by atoms with Gasteiger partial charge < -0.3 is 4.74 Å². The molecule has 11 heteroatoms. The molecule has 9 nitrogen and oxygen atoms in total. The van der Waals surface area contributed by atoms with Crippen LogP contribution in [0.2, 0.25) is 0 Å². The van der Waals surface area contributed by atoms with Crippen LogP contribution in [-0.2, 0) is 42.9 Å². The molecule has 24 heavy (non-hydrogen) atoms. The molecule has 0 aliphatic rings. The van der Waals surface area contributed by atoms with Crippen LogP contribution in [0, 0.1) is 0 Å². The Labute approximate surface area is 142 Å². The van der Waals surface area contributed by atoms with Crippen LogP contribution in [0.1, 0.15) is 40.5 Å². The van der Waals surface area contributed by atoms with E-state index in [1.54, 1.807) is 6.92 Å². The van der Waals surface area contributed by atoms with Crippen molar-refractivity contribution < 1.29 is 39.5 Å². The lowest BCUT2D eigenvalue weighted by Crippen LogP contribution is -2.27. The van der Waals surface area contributed by atoms with Crippen molar-refractivity contribution in [1.82, 2.24) is 0 Å². The van der Waals surface area contributed by atoms with E-state index in [0.717, 1.165) is 0 Å². The number of rotatable bonds is 12. The van der Waals surface area contributed by atoms with Gasteiger partial charge in [0.2, 0.25) is 0 Å². The summed E-state index contributed by atoms with van der Waals surface area (Å²) in [4.78, 5) is 22.3. The van der Waals surface area contributed by atoms with Crippen molar-refractivity contribution in [2.75, 3.05) is 18.1 Å². The first kappa shape index (κ1) is 23.0. The molecular formula is C13H24O9S2. The summed E-state index contributed by atoms with van der Waals surface area (Å²) in [6.07, 6.45) is -2.34. The molecule has 0 spiro atoms. The number of carbonyl (C=O) groups excluding carboxylic acids is 2. The van der Waals surface area contributed by atoms with E-state index in [4.69, 9.17) is 0 Å². The summed E-state index contributed by atoms with van der Waals surface area (Å²) in [6.45, 7) is 5.44. The van der Waals surface area contributed by atoms with Crippen molar-refractivity contribution in [3.63, 3.8) is 0 Å². The zero-order chi connectivity index (χ0) is 19.0. The van der Waals surface area contributed by atoms with Crippen LogP contribution in [0.25, 0.3) is 0 Å². The molecule has 0 N–H and O–H groups in total. The topological polar surface area (TPSA) is 130 Å². The van der Waals surface area contributed by atoms with Crippen LogP contribution in [0.15, 0.2) is 0 Å². The summed E-state index contributed by atoms with van der Waals surface area (Å²) in [5.74, 6) is -2.10. The van der Waals surface area contributed by atoms with Gasteiger partial charge in [-0.2, -0.15) is 16.8 Å². The molecule has 0 aromatic heterocycles. The van der Waals surface area contributed by atoms with Gasteiger partial charge in [0, 0.05) is 0 Å². The van der Waals surface area contributed by atoms with Gasteiger partial charge in [-0.15, -0.1) is 0 Å². The van der Waals surface area contributed by atoms with E-state index in [1.807, 2.05) is 0 Å². The predicted molar refractivity (Wildman–Crippen MR) is 85.2 cm³/mol. The fourth-order valence-corrected chi connectivity index (χ4v) is 3.86. The van der Waals surface area contributed by atoms with Gasteiger partial charge in [-0.25, -0.2) is 4.79 Å². The fraction of sp³-hybridized carbons (Fsp3) is 0.846. The molecule has 2 atom stereocenters. The SMILES string of the molecule is CCOC(=O)C(C)OS(=O)(=O)CCCCS(=O)(=O)OC(C)C(C)=O. The van der Waals surface area contributed by atoms with E-state index < -0.39 is 55.7 Å². The predicted octanol–water partition coefficient (Wildman–Crippen LogP) is 0.389. The molecule has 142 valence electrons. The van der Waals surface area contributed by atoms with E-state index in [-0.39, 0.29) is 19.4 Å². The number of unbranched alkanes of at least 4 members (excludes halogenated alkanes) is 1. The number of ether oxygens (including phenoxy) is 1. The van der Waals surface area contributed by atoms with Gasteiger partial charge >= 0.3 is 5.97 Å². The molecule has 0 aromatic carbocycles. The maximum absolute atomic E-state index is 11.7. The molecule has 2 unspecified atom stereocenters. The summed E-state index contributed by atoms with van der Waals surface area (Å²) in [6, 6.07) is 0. The Morgan fingerprint density at radius 2 is 1.29 bits per heavy atom. The number of Topliss-reactive ketones (excluding diaryl/α,β-unsaturated/α-hetero) is 1. The molecule has 0 amide bonds. The molecule has 0 radical (unpaired) electrons. The summed E-state index contributed by atoms with van der Waals surface area (Å²) in [7, 11) is -7.91. The molecule has 0 saturated heterocycles. The van der Waals surface area contributed by atoms with Gasteiger partial charge in [0.25, 0.3) is 20.2 Å². The smallest absolute Gasteiger partial charge is 0.336 e. The second kappa shape index (κ2) is 10.1. The lowest BCUT2D eigenvalue weighted by atomic mass is 10.3. The lowest BCUT2D eigenvalue weighted by Gasteiger charge is -2.12. The Balaban J connectivity index is 4.31. The van der Waals surface area contributed by atoms with E-state index in [0.29, 0.717) is 0 Å². The fourth-order valence-electron chi connectivity index (χ4n) is 1.46. The lowest BCUT2D eigenvalue weighted by molar-refractivity contribution is -0.150. The molecule has 0 aromatic rings. The van der Waals surface area contributed by atoms with Crippen LogP contribution in [0.5, 0.6) is 0 Å². The van der Waals surface area contributed by atoms with Crippen molar-refractivity contribution >= 4 is 32.0 Å². The van der Waals surface area contributed by atoms with Crippen molar-refractivity contribution in [3.05, 3.63) is 0 Å². The number of hydrogen-bond acceptors (Lipinski definition) is 9. The Bertz CT molecular complexity index is 622. The average molecular weight is 388 g/mol. The van der Waals surface area contributed by atoms with Crippen LogP contribution in [0.3, 0.4) is 0 Å². The summed E-state index contributed by atoms with van der Waals surface area (Å²) in [5.41, 5.74) is 0. The van der Waals surface area contributed by atoms with Crippen molar-refractivity contribution in [2.24, 2.45) is 0 Å². The van der Waals surface area contributed by atoms with E-state index in [2.05, 4.69) is 13.1 Å². The monoisotopic (exact) mass is 388 g/mol. The minimum Gasteiger partial charge on any atom is -0.464 e. The van der Waals surface area contributed by atoms with Gasteiger partial charge in [0.05, 0.1) is 18.1 Å². The summed E-state index contributed by atoms with van der Waals surface area (Å²) < 4.78 is 60.5. The zero-order valence-corrected chi connectivity index (χ0v) is 15.8. The summed E-state index contributed by atoms with van der Waals surface area (Å²) in [5, 5.41) is 0. The molecule has 0 rings (SSSR count). The largest absolute Gasteiger partial charge is 0.464 e. The van der Waals surface area contributed by atoms with Gasteiger partial charge in [-0.1, -0.05) is 0 Å². The number of esters is 1. The molecule has 0 heterocycles. The highest BCUT2D eigenvalue weighted by atomic mass is 32.2. The zero-order valence-electron chi connectivity index (χ0n) is 14.2. The third-order valence-corrected chi connectivity index (χ3v) is 5.55. The van der Waals surface area contributed by atoms with Gasteiger partial charge in [-0.3, -0.25) is 13.2 Å². The highest BCUT2D eigenvalue weighted by Gasteiger charge is 2.23. The average Bonchev–Trinajstić information content (AvgIpc) is 2.42. The van der Waals surface area contributed by atoms with E-state index in [9.17, 15) is 26.4 Å². The van der Waals surface area contributed by atoms with E-state index >= 15 is 0 Å². The third kappa shape index (κ3) is 9.96. The van der Waals surface area contributed by atoms with Crippen molar-refractivity contribution in [3.8, 4) is 0 Å². The standard InChI is InChI=1S/C13H24O9S2/c1-5-20-13(15)12(4)22-24(18,19)9-7-6-8-23(16,17)21-11(3)10(2)14/h11-12H,5-9H2,1-4H3. The Morgan fingerprint density at radius 1 is 0.875 bits per heavy atom. The van der Waals surface area contributed by atoms with Gasteiger partial charge in [0.15, 0.2) is 11.9 Å². The van der Waals surface area contributed by atoms with Gasteiger partial charge in [0.1, 0.15) is 6.10 Å². The van der Waals surface area contributed by atoms with Crippen molar-refractivity contribution in [1.29, 1.82) is 0 Å². The Kier molecular flexibility index (Phi) is 9.63. The van der Waals surface area contributed by atoms with Crippen LogP contribution >= 0.6 is 0 Å². The summed E-state index contributed by atoms with van der Waals surface area (Å²) >= 11 is 0. The van der Waals surface area contributed by atoms with Gasteiger partial charge in [-0.05, 0) is 40.5 Å². The van der Waals surface area contributed by atoms with Crippen LogP contribution in [0.4, 0.5) is 0 Å². The molecular weight excluding hydrogens is 364 g/mol. The molecule has 0 aliphatic heterocycles. The first-order chi connectivity index (χ1) is 10.9. The van der Waals surface area contributed by atoms with Crippen LogP contribution in [-0.4, -0.2) is 58.9 Å². The molecule has 0 saturated carbocycles. The number of hydrogen-bond donors (Lipinski definition) is 0. The molecule has 0 aliphatic carbocycles. The maximum atomic E-state index is 11.7. The third-order valence-electron chi connectivity index (χ3n) is 2.81. The second-order valence-corrected chi connectivity index (χ2v) is 8.50. The quantitative estimate of drug-likeness (QED) is 0.265. The first-order valence-electron chi connectivity index (χ1n) is 7.39. The first-order valence-corrected chi connectivity index (χ1v) is 10.5. The van der Waals surface area contributed by atoms with Crippen LogP contribution < -0.4 is 0 Å². The van der Waals surface area contributed by atoms with Crippen molar-refractivity contribution in [2.45, 2.75) is 52.7 Å².